The molecule has 4 heteroatoms. The second-order valence-electron chi connectivity index (χ2n) is 7.69. The van der Waals surface area contributed by atoms with Gasteiger partial charge in [0.05, 0.1) is 5.39 Å². The predicted octanol–water partition coefficient (Wildman–Crippen LogP) is 6.57. The smallest absolute Gasteiger partial charge is 0.145 e. The molecule has 0 atom stereocenters. The molecule has 5 rings (SSSR count). The van der Waals surface area contributed by atoms with Crippen molar-refractivity contribution < 1.29 is 0 Å². The first-order chi connectivity index (χ1) is 13.7. The fourth-order valence-corrected chi connectivity index (χ4v) is 4.99. The summed E-state index contributed by atoms with van der Waals surface area (Å²) in [5, 5.41) is 3.39. The first-order valence-electron chi connectivity index (χ1n) is 9.90. The largest absolute Gasteiger partial charge is 0.325 e. The highest BCUT2D eigenvalue weighted by Gasteiger charge is 2.23. The van der Waals surface area contributed by atoms with Crippen LogP contribution in [0.3, 0.4) is 0 Å². The van der Waals surface area contributed by atoms with Crippen LogP contribution in [0.4, 0.5) is 11.5 Å². The van der Waals surface area contributed by atoms with Gasteiger partial charge in [-0.3, -0.25) is 0 Å². The van der Waals surface area contributed by atoms with E-state index in [-0.39, 0.29) is 0 Å². The third kappa shape index (κ3) is 2.89. The number of rotatable bonds is 3. The Bertz CT molecular complexity index is 1130. The van der Waals surface area contributed by atoms with E-state index in [0.29, 0.717) is 5.92 Å². The average Bonchev–Trinajstić information content (AvgIpc) is 3.18. The molecular weight excluding hydrogens is 362 g/mol. The maximum atomic E-state index is 4.76. The van der Waals surface area contributed by atoms with Crippen molar-refractivity contribution in [3.63, 3.8) is 0 Å². The highest BCUT2D eigenvalue weighted by atomic mass is 32.1. The van der Waals surface area contributed by atoms with E-state index in [1.165, 1.54) is 33.3 Å². The molecule has 0 N–H and O–H groups in total. The summed E-state index contributed by atoms with van der Waals surface area (Å²) in [5.74, 6) is 1.57. The summed E-state index contributed by atoms with van der Waals surface area (Å²) in [6.45, 7) is 5.45. The molecule has 28 heavy (non-hydrogen) atoms. The monoisotopic (exact) mass is 385 g/mol. The molecule has 0 fully saturated rings. The zero-order valence-corrected chi connectivity index (χ0v) is 17.0. The third-order valence-electron chi connectivity index (χ3n) is 5.60. The number of hydrogen-bond donors (Lipinski definition) is 0. The van der Waals surface area contributed by atoms with Crippen LogP contribution in [0, 0.1) is 0 Å². The van der Waals surface area contributed by atoms with Crippen LogP contribution in [0.5, 0.6) is 0 Å². The summed E-state index contributed by atoms with van der Waals surface area (Å²) in [6, 6.07) is 17.6. The van der Waals surface area contributed by atoms with Gasteiger partial charge in [-0.1, -0.05) is 56.3 Å². The zero-order chi connectivity index (χ0) is 19.1. The summed E-state index contributed by atoms with van der Waals surface area (Å²) in [7, 11) is 0. The van der Waals surface area contributed by atoms with Crippen LogP contribution < -0.4 is 4.90 Å². The topological polar surface area (TPSA) is 29.0 Å². The highest BCUT2D eigenvalue weighted by molar-refractivity contribution is 7.17. The van der Waals surface area contributed by atoms with Crippen LogP contribution in [0.1, 0.15) is 37.3 Å². The number of fused-ring (bicyclic) bond motifs is 2. The van der Waals surface area contributed by atoms with Crippen molar-refractivity contribution in [2.45, 2.75) is 32.6 Å². The molecule has 1 aliphatic heterocycles. The second-order valence-corrected chi connectivity index (χ2v) is 8.55. The van der Waals surface area contributed by atoms with Crippen LogP contribution in [0.2, 0.25) is 0 Å². The molecule has 0 radical (unpaired) electrons. The molecule has 0 unspecified atom stereocenters. The maximum Gasteiger partial charge on any atom is 0.145 e. The van der Waals surface area contributed by atoms with E-state index in [4.69, 9.17) is 4.98 Å². The van der Waals surface area contributed by atoms with Gasteiger partial charge in [0.1, 0.15) is 17.0 Å². The first-order valence-corrected chi connectivity index (χ1v) is 10.8. The minimum atomic E-state index is 0.539. The van der Waals surface area contributed by atoms with Gasteiger partial charge in [0.2, 0.25) is 0 Å². The van der Waals surface area contributed by atoms with Gasteiger partial charge in [-0.25, -0.2) is 9.97 Å². The predicted molar refractivity (Wildman–Crippen MR) is 119 cm³/mol. The molecule has 140 valence electrons. The van der Waals surface area contributed by atoms with E-state index in [0.717, 1.165) is 30.0 Å². The van der Waals surface area contributed by atoms with Crippen LogP contribution >= 0.6 is 11.3 Å². The number of anilines is 2. The van der Waals surface area contributed by atoms with Gasteiger partial charge in [0.15, 0.2) is 0 Å². The van der Waals surface area contributed by atoms with Crippen LogP contribution in [0.15, 0.2) is 60.2 Å². The molecule has 0 bridgehead atoms. The number of thiophene rings is 1. The third-order valence-corrected chi connectivity index (χ3v) is 6.49. The molecule has 1 aliphatic rings. The molecule has 0 saturated carbocycles. The number of nitrogens with zero attached hydrogens (tertiary/aromatic N) is 3. The average molecular weight is 386 g/mol. The summed E-state index contributed by atoms with van der Waals surface area (Å²) < 4.78 is 0. The number of benzene rings is 2. The standard InChI is InChI=1S/C24H23N3S/c1-16(2)17-9-11-18(12-10-17)20-14-28-24-22(20)23(25-15-26-24)27-13-5-7-19-6-3-4-8-21(19)27/h3-4,6,8-12,14-16H,5,7,13H2,1-2H3. The lowest BCUT2D eigenvalue weighted by Gasteiger charge is -2.31. The van der Waals surface area contributed by atoms with E-state index in [1.807, 2.05) is 0 Å². The molecule has 3 heterocycles. The van der Waals surface area contributed by atoms with Crippen molar-refractivity contribution in [2.24, 2.45) is 0 Å². The summed E-state index contributed by atoms with van der Waals surface area (Å²) in [6.07, 6.45) is 3.98. The molecule has 0 spiro atoms. The fourth-order valence-electron chi connectivity index (χ4n) is 4.08. The van der Waals surface area contributed by atoms with Crippen molar-refractivity contribution in [1.82, 2.24) is 9.97 Å². The highest BCUT2D eigenvalue weighted by Crippen LogP contribution is 2.42. The lowest BCUT2D eigenvalue weighted by atomic mass is 9.98. The number of aromatic nitrogens is 2. The number of hydrogen-bond acceptors (Lipinski definition) is 4. The normalized spacial score (nSPS) is 13.9. The van der Waals surface area contributed by atoms with Crippen LogP contribution in [0.25, 0.3) is 21.3 Å². The summed E-state index contributed by atoms with van der Waals surface area (Å²) in [5.41, 5.74) is 6.51. The van der Waals surface area contributed by atoms with E-state index in [1.54, 1.807) is 17.7 Å². The van der Waals surface area contributed by atoms with Gasteiger partial charge in [-0.15, -0.1) is 11.3 Å². The minimum absolute atomic E-state index is 0.539. The van der Waals surface area contributed by atoms with E-state index in [2.05, 4.69) is 77.6 Å². The zero-order valence-electron chi connectivity index (χ0n) is 16.2. The van der Waals surface area contributed by atoms with Crippen LogP contribution in [-0.4, -0.2) is 16.5 Å². The van der Waals surface area contributed by atoms with E-state index < -0.39 is 0 Å². The minimum Gasteiger partial charge on any atom is -0.325 e. The Balaban J connectivity index is 1.67. The lowest BCUT2D eigenvalue weighted by Crippen LogP contribution is -2.25. The van der Waals surface area contributed by atoms with Crippen molar-refractivity contribution in [3.8, 4) is 11.1 Å². The van der Waals surface area contributed by atoms with E-state index >= 15 is 0 Å². The van der Waals surface area contributed by atoms with Gasteiger partial charge >= 0.3 is 0 Å². The Morgan fingerprint density at radius 1 is 1.00 bits per heavy atom. The van der Waals surface area contributed by atoms with E-state index in [9.17, 15) is 0 Å². The Labute approximate surface area is 169 Å². The maximum absolute atomic E-state index is 4.76. The summed E-state index contributed by atoms with van der Waals surface area (Å²) >= 11 is 1.70. The Kier molecular flexibility index (Phi) is 4.36. The van der Waals surface area contributed by atoms with Crippen LogP contribution in [-0.2, 0) is 6.42 Å². The summed E-state index contributed by atoms with van der Waals surface area (Å²) in [4.78, 5) is 12.7. The Hall–Kier alpha value is -2.72. The molecule has 0 saturated heterocycles. The molecule has 0 aliphatic carbocycles. The molecule has 2 aromatic heterocycles. The van der Waals surface area contributed by atoms with Crippen molar-refractivity contribution in [1.29, 1.82) is 0 Å². The van der Waals surface area contributed by atoms with Gasteiger partial charge in [-0.2, -0.15) is 0 Å². The van der Waals surface area contributed by atoms with Crippen molar-refractivity contribution >= 4 is 33.1 Å². The SMILES string of the molecule is CC(C)c1ccc(-c2csc3ncnc(N4CCCc5ccccc54)c23)cc1. The quantitative estimate of drug-likeness (QED) is 0.399. The number of aryl methyl sites for hydroxylation is 1. The Morgan fingerprint density at radius 2 is 1.82 bits per heavy atom. The molecule has 0 amide bonds. The molecule has 2 aromatic carbocycles. The van der Waals surface area contributed by atoms with Crippen molar-refractivity contribution in [2.75, 3.05) is 11.4 Å². The van der Waals surface area contributed by atoms with Crippen molar-refractivity contribution in [3.05, 3.63) is 71.4 Å². The molecular formula is C24H23N3S. The van der Waals surface area contributed by atoms with Gasteiger partial charge < -0.3 is 4.90 Å². The number of para-hydroxylation sites is 1. The second kappa shape index (κ2) is 7.02. The molecule has 4 aromatic rings. The first kappa shape index (κ1) is 17.4. The van der Waals surface area contributed by atoms with Gasteiger partial charge in [0.25, 0.3) is 0 Å². The fraction of sp³-hybridized carbons (Fsp3) is 0.250. The van der Waals surface area contributed by atoms with Gasteiger partial charge in [0, 0.05) is 23.2 Å². The Morgan fingerprint density at radius 3 is 2.64 bits per heavy atom. The molecule has 3 nitrogen and oxygen atoms in total. The lowest BCUT2D eigenvalue weighted by molar-refractivity contribution is 0.761. The van der Waals surface area contributed by atoms with Gasteiger partial charge in [-0.05, 0) is 41.5 Å².